The van der Waals surface area contributed by atoms with E-state index < -0.39 is 30.9 Å². The normalized spacial score (nSPS) is 12.2. The molecule has 0 saturated heterocycles. The highest BCUT2D eigenvalue weighted by atomic mass is 32.2. The first-order chi connectivity index (χ1) is 13.4. The van der Waals surface area contributed by atoms with Crippen molar-refractivity contribution in [2.24, 2.45) is 5.92 Å². The molecule has 1 aromatic heterocycles. The molecule has 162 valence electrons. The summed E-state index contributed by atoms with van der Waals surface area (Å²) in [6.45, 7) is 8.58. The maximum Gasteiger partial charge on any atom is 0.372 e. The molecule has 29 heavy (non-hydrogen) atoms. The van der Waals surface area contributed by atoms with Crippen LogP contribution in [-0.2, 0) is 26.6 Å². The second-order valence-corrected chi connectivity index (χ2v) is 10.5. The summed E-state index contributed by atoms with van der Waals surface area (Å²) < 4.78 is 54.6. The number of benzene rings is 1. The predicted molar refractivity (Wildman–Crippen MR) is 108 cm³/mol. The fourth-order valence-electron chi connectivity index (χ4n) is 1.88. The zero-order valence-corrected chi connectivity index (χ0v) is 18.7. The molecule has 11 heteroatoms. The van der Waals surface area contributed by atoms with Crippen molar-refractivity contribution in [3.05, 3.63) is 47.4 Å². The smallest absolute Gasteiger partial charge is 0.372 e. The quantitative estimate of drug-likeness (QED) is 0.397. The number of hydrogen-bond donors (Lipinski definition) is 0. The van der Waals surface area contributed by atoms with Crippen LogP contribution in [0.3, 0.4) is 0 Å². The van der Waals surface area contributed by atoms with Crippen molar-refractivity contribution in [1.82, 2.24) is 4.98 Å². The molecule has 0 saturated carbocycles. The highest BCUT2D eigenvalue weighted by molar-refractivity contribution is 7.91. The number of aromatic nitrogens is 2. The summed E-state index contributed by atoms with van der Waals surface area (Å²) in [7, 11) is -7.90. The summed E-state index contributed by atoms with van der Waals surface area (Å²) in [6.07, 6.45) is 2.51. The Morgan fingerprint density at radius 3 is 2.34 bits per heavy atom. The van der Waals surface area contributed by atoms with Gasteiger partial charge in [0.05, 0.1) is 18.2 Å². The van der Waals surface area contributed by atoms with E-state index in [1.54, 1.807) is 0 Å². The van der Waals surface area contributed by atoms with E-state index in [0.717, 1.165) is 36.9 Å². The molecule has 3 rings (SSSR count). The first-order valence-electron chi connectivity index (χ1n) is 8.77. The van der Waals surface area contributed by atoms with Gasteiger partial charge in [-0.25, -0.2) is 13.4 Å². The topological polar surface area (TPSA) is 127 Å². The van der Waals surface area contributed by atoms with E-state index >= 15 is 0 Å². The Labute approximate surface area is 171 Å². The zero-order chi connectivity index (χ0) is 22.2. The minimum atomic E-state index is -3.96. The Morgan fingerprint density at radius 2 is 1.86 bits per heavy atom. The summed E-state index contributed by atoms with van der Waals surface area (Å²) in [4.78, 5) is 3.44. The predicted octanol–water partition coefficient (Wildman–Crippen LogP) is 2.09. The van der Waals surface area contributed by atoms with E-state index in [2.05, 4.69) is 42.1 Å². The van der Waals surface area contributed by atoms with Crippen molar-refractivity contribution in [3.63, 3.8) is 0 Å². The third-order valence-electron chi connectivity index (χ3n) is 2.99. The molecular formula is C18H26N2O7S2. The lowest BCUT2D eigenvalue weighted by Gasteiger charge is -2.07. The molecule has 0 amide bonds. The molecule has 9 nitrogen and oxygen atoms in total. The number of sulfone groups is 1. The lowest BCUT2D eigenvalue weighted by molar-refractivity contribution is -0.647. The maximum absolute atomic E-state index is 11.6. The molecular weight excluding hydrogens is 420 g/mol. The summed E-state index contributed by atoms with van der Waals surface area (Å²) in [5.41, 5.74) is 1.28. The molecule has 2 heterocycles. The molecule has 2 bridgehead atoms. The fraction of sp³-hybridized carbons (Fsp3) is 0.444. The largest absolute Gasteiger partial charge is 0.618 e. The monoisotopic (exact) mass is 446 g/mol. The van der Waals surface area contributed by atoms with Crippen LogP contribution in [0.15, 0.2) is 41.7 Å². The molecule has 1 aliphatic heterocycles. The van der Waals surface area contributed by atoms with Crippen LogP contribution in [-0.4, -0.2) is 33.8 Å². The van der Waals surface area contributed by atoms with Crippen LogP contribution in [0, 0.1) is 11.1 Å². The average Bonchev–Trinajstić information content (AvgIpc) is 2.91. The van der Waals surface area contributed by atoms with Gasteiger partial charge in [-0.15, -0.1) is 0 Å². The zero-order valence-electron chi connectivity index (χ0n) is 17.0. The van der Waals surface area contributed by atoms with E-state index in [9.17, 15) is 22.0 Å². The van der Waals surface area contributed by atoms with Crippen LogP contribution in [0.2, 0.25) is 0 Å². The van der Waals surface area contributed by atoms with Crippen molar-refractivity contribution in [2.45, 2.75) is 39.3 Å². The van der Waals surface area contributed by atoms with Gasteiger partial charge in [0.1, 0.15) is 12.4 Å². The van der Waals surface area contributed by atoms with Crippen LogP contribution in [0.5, 0.6) is 11.6 Å². The van der Waals surface area contributed by atoms with Gasteiger partial charge in [-0.1, -0.05) is 39.8 Å². The molecule has 0 spiro atoms. The highest BCUT2D eigenvalue weighted by Gasteiger charge is 2.31. The lowest BCUT2D eigenvalue weighted by Crippen LogP contribution is -2.35. The Morgan fingerprint density at radius 1 is 1.24 bits per heavy atom. The van der Waals surface area contributed by atoms with Gasteiger partial charge in [-0.05, 0) is 23.6 Å². The standard InChI is InChI=1S/C7H10N2O6S2.C7H6O.C4H10/c1-3-17(13,14)7-6(15-16(2,11)12)8-4-5-9(7)10;1-2-6-4-7(3-1)8-5-6;1-4(2)3/h4-5H,3H2,1-2H3;1-4H,5H2;4H,1-3H3. The Kier molecular flexibility index (Phi) is 8.83. The van der Waals surface area contributed by atoms with Crippen LogP contribution in [0.1, 0.15) is 33.3 Å². The fourth-order valence-corrected chi connectivity index (χ4v) is 3.31. The number of rotatable bonds is 4. The molecule has 1 aliphatic rings. The molecule has 2 aromatic rings. The van der Waals surface area contributed by atoms with Gasteiger partial charge in [0, 0.05) is 0 Å². The van der Waals surface area contributed by atoms with E-state index in [4.69, 9.17) is 4.74 Å². The number of fused-ring (bicyclic) bond motifs is 2. The lowest BCUT2D eigenvalue weighted by atomic mass is 10.2. The van der Waals surface area contributed by atoms with Crippen molar-refractivity contribution >= 4 is 20.0 Å². The van der Waals surface area contributed by atoms with Crippen molar-refractivity contribution in [1.29, 1.82) is 0 Å². The molecule has 0 aliphatic carbocycles. The van der Waals surface area contributed by atoms with E-state index in [-0.39, 0.29) is 10.5 Å². The van der Waals surface area contributed by atoms with Crippen LogP contribution >= 0.6 is 0 Å². The van der Waals surface area contributed by atoms with Gasteiger partial charge in [0.15, 0.2) is 6.20 Å². The highest BCUT2D eigenvalue weighted by Crippen LogP contribution is 2.21. The third-order valence-corrected chi connectivity index (χ3v) is 5.15. The average molecular weight is 447 g/mol. The molecule has 0 N–H and O–H groups in total. The van der Waals surface area contributed by atoms with Crippen LogP contribution in [0.25, 0.3) is 0 Å². The first kappa shape index (κ1) is 24.6. The van der Waals surface area contributed by atoms with Crippen molar-refractivity contribution in [2.75, 3.05) is 12.0 Å². The minimum absolute atomic E-state index is 0.00630. The van der Waals surface area contributed by atoms with Crippen LogP contribution in [0.4, 0.5) is 0 Å². The molecule has 0 fully saturated rings. The summed E-state index contributed by atoms with van der Waals surface area (Å²) in [5, 5.41) is 10.5. The van der Waals surface area contributed by atoms with Gasteiger partial charge < -0.3 is 14.1 Å². The van der Waals surface area contributed by atoms with Gasteiger partial charge >= 0.3 is 21.0 Å². The van der Waals surface area contributed by atoms with Gasteiger partial charge in [-0.2, -0.15) is 13.1 Å². The van der Waals surface area contributed by atoms with Gasteiger partial charge in [0.25, 0.3) is 0 Å². The van der Waals surface area contributed by atoms with Crippen molar-refractivity contribution < 1.29 is 30.5 Å². The summed E-state index contributed by atoms with van der Waals surface area (Å²) >= 11 is 0. The van der Waals surface area contributed by atoms with Gasteiger partial charge in [0.2, 0.25) is 9.84 Å². The van der Waals surface area contributed by atoms with E-state index in [0.29, 0.717) is 0 Å². The third kappa shape index (κ3) is 8.65. The second-order valence-electron chi connectivity index (χ2n) is 6.72. The summed E-state index contributed by atoms with van der Waals surface area (Å²) in [6, 6.07) is 8.10. The number of ether oxygens (including phenoxy) is 1. The second kappa shape index (κ2) is 10.4. The molecule has 0 radical (unpaired) electrons. The van der Waals surface area contributed by atoms with Gasteiger partial charge in [-0.3, -0.25) is 0 Å². The number of nitrogens with zero attached hydrogens (tertiary/aromatic N) is 2. The number of hydrogen-bond acceptors (Lipinski definition) is 8. The molecule has 0 atom stereocenters. The Bertz CT molecular complexity index is 998. The molecule has 0 unspecified atom stereocenters. The van der Waals surface area contributed by atoms with Crippen molar-refractivity contribution in [3.8, 4) is 11.6 Å². The Balaban J connectivity index is 0.000000285. The van der Waals surface area contributed by atoms with Crippen LogP contribution < -0.4 is 13.7 Å². The first-order valence-corrected chi connectivity index (χ1v) is 12.2. The Hall–Kier alpha value is -2.40. The SMILES string of the molecule is CC(C)C.CCS(=O)(=O)c1c(OS(C)(=O)=O)ncc[n+]1[O-].c1cc2cc(c1)OC2. The maximum atomic E-state index is 11.6. The van der Waals surface area contributed by atoms with E-state index in [1.165, 1.54) is 12.5 Å². The van der Waals surface area contributed by atoms with E-state index in [1.807, 2.05) is 12.1 Å². The molecule has 1 aromatic carbocycles. The summed E-state index contributed by atoms with van der Waals surface area (Å²) in [5.74, 6) is 0.718. The minimum Gasteiger partial charge on any atom is -0.618 e.